The Morgan fingerprint density at radius 1 is 0.371 bits per heavy atom. The molecule has 0 bridgehead atoms. The van der Waals surface area contributed by atoms with E-state index in [-0.39, 0.29) is 115 Å². The monoisotopic (exact) mass is 1540 g/mol. The van der Waals surface area contributed by atoms with Gasteiger partial charge in [0.15, 0.2) is 16.6 Å². The number of aliphatic hydroxyl groups is 6. The Morgan fingerprint density at radius 2 is 0.680 bits per heavy atom. The van der Waals surface area contributed by atoms with Gasteiger partial charge in [-0.05, 0) is 141 Å². The molecule has 2 unspecified atom stereocenters. The van der Waals surface area contributed by atoms with Crippen LogP contribution in [0.15, 0.2) is 0 Å². The van der Waals surface area contributed by atoms with Gasteiger partial charge in [-0.25, -0.2) is 0 Å². The minimum Gasteiger partial charge on any atom is -0.662 e. The molecule has 97 heavy (non-hydrogen) atoms. The van der Waals surface area contributed by atoms with Crippen molar-refractivity contribution in [2.75, 3.05) is 188 Å². The SMILES string of the molecule is CO[Si](C)(C)CCCNCCC[Si](C)(C)CO.CO[Si](C)(C)CCC[N-]CCC[Si](C)(C)CO.CO[Si](C)(CCCN1CCC[Si]1(CO)OC)OC.CO[Si](CCCN1CCC[Si]1(CO)OC)(OC)OC.CO[Si](CCC[N-]CCC[Si](C)(CO)CO)(OC)OC.[CH3-].[CH3-].[Li+].[Li+].[Li+].[Li+]. The molecule has 0 aromatic carbocycles. The summed E-state index contributed by atoms with van der Waals surface area (Å²) < 4.78 is 70.3. The molecule has 0 radical (unpaired) electrons. The van der Waals surface area contributed by atoms with E-state index in [1.54, 1.807) is 71.1 Å². The maximum Gasteiger partial charge on any atom is 1.00 e. The average molecular weight is 1540 g/mol. The van der Waals surface area contributed by atoms with Crippen molar-refractivity contribution in [3.8, 4) is 0 Å². The second-order valence-corrected chi connectivity index (χ2v) is 68.7. The van der Waals surface area contributed by atoms with Crippen LogP contribution in [-0.2, 0) is 53.1 Å². The summed E-state index contributed by atoms with van der Waals surface area (Å²) in [6.07, 6.45) is 12.3. The minimum atomic E-state index is -2.47. The van der Waals surface area contributed by atoms with Gasteiger partial charge in [0.2, 0.25) is 0 Å². The summed E-state index contributed by atoms with van der Waals surface area (Å²) in [6, 6.07) is 10.3. The van der Waals surface area contributed by atoms with E-state index in [0.717, 1.165) is 153 Å². The first-order valence-electron chi connectivity index (χ1n) is 33.6. The van der Waals surface area contributed by atoms with Crippen molar-refractivity contribution in [2.45, 2.75) is 190 Å². The molecule has 2 heterocycles. The number of nitrogens with one attached hydrogen (secondary N) is 1. The van der Waals surface area contributed by atoms with Crippen molar-refractivity contribution < 1.29 is 159 Å². The van der Waals surface area contributed by atoms with E-state index >= 15 is 0 Å². The van der Waals surface area contributed by atoms with Crippen LogP contribution in [0.1, 0.15) is 64.2 Å². The van der Waals surface area contributed by atoms with Crippen LogP contribution in [0.5, 0.6) is 0 Å². The summed E-state index contributed by atoms with van der Waals surface area (Å²) in [4.78, 5) is 0. The van der Waals surface area contributed by atoms with Gasteiger partial charge in [0, 0.05) is 122 Å². The third kappa shape index (κ3) is 53.2. The fourth-order valence-electron chi connectivity index (χ4n) is 10.4. The topological polar surface area (TPSA) is 279 Å². The van der Waals surface area contributed by atoms with Crippen LogP contribution in [0.2, 0.25) is 126 Å². The number of hydrogen-bond acceptors (Lipinski definition) is 21. The molecular weight excluding hydrogens is 1390 g/mol. The Balaban J connectivity index is -0.000000141. The van der Waals surface area contributed by atoms with Crippen molar-refractivity contribution >= 4 is 84.0 Å². The van der Waals surface area contributed by atoms with E-state index in [1.165, 1.54) is 37.0 Å². The fraction of sp³-hybridized carbons (Fsp3) is 0.967. The standard InChI is InChI=1S/C12H30NO5Si2.C12H31NO2Si2.C12H30NO2Si2.C11H27NO5Si2.C11H27NO4Si2.2CH3.4Li/c1-16-20(17-2,18-3)10-6-8-13-7-5-9-19(4,11-14)12-15;2*1-15-17(4,5)11-7-9-13-8-6-10-16(2,3)12-14;1-14-18(11-13)9-5-7-12(18)8-6-10-19(15-2,16-3)17-4;1-14-17(4,15-2)9-5-7-12-8-6-10-18(12,11-13)16-3;;;;;;/h14-15H,5-12H2,1-4H3;13-14H,6-12H2,1-5H3;14H,6-12H2,1-5H3;13H,5-11H2,1-4H3;13H,5-11H2,1-4H3;2*1H3;;;;/q-1;;-1;;;2*-1;4*+1. The predicted molar refractivity (Wildman–Crippen MR) is 412 cm³/mol. The van der Waals surface area contributed by atoms with Gasteiger partial charge in [0.1, 0.15) is 8.07 Å². The molecule has 0 aromatic heterocycles. The average Bonchev–Trinajstić information content (AvgIpc) is 1.71. The van der Waals surface area contributed by atoms with E-state index in [9.17, 15) is 30.6 Å². The molecule has 0 saturated carbocycles. The Kier molecular flexibility index (Phi) is 81.7. The second-order valence-electron chi connectivity index (χ2n) is 27.6. The van der Waals surface area contributed by atoms with E-state index in [2.05, 4.69) is 84.0 Å². The molecule has 568 valence electrons. The number of hydrogen-bond donors (Lipinski definition) is 7. The largest absolute Gasteiger partial charge is 1.00 e. The molecule has 2 rings (SSSR count). The summed E-state index contributed by atoms with van der Waals surface area (Å²) in [5, 5.41) is 68.5. The molecule has 23 nitrogen and oxygen atoms in total. The van der Waals surface area contributed by atoms with Crippen molar-refractivity contribution in [2.24, 2.45) is 0 Å². The molecule has 2 atom stereocenters. The van der Waals surface area contributed by atoms with Crippen LogP contribution in [0.4, 0.5) is 0 Å². The van der Waals surface area contributed by atoms with E-state index < -0.39 is 84.0 Å². The number of nitrogens with zero attached hydrogens (tertiary/aromatic N) is 4. The zero-order valence-corrected chi connectivity index (χ0v) is 78.3. The van der Waals surface area contributed by atoms with Gasteiger partial charge in [-0.2, -0.15) is 0 Å². The molecule has 37 heteroatoms. The quantitative estimate of drug-likeness (QED) is 0.0187. The molecular formula is C60H151Li4N5O18Si10. The molecule has 0 aliphatic carbocycles. The summed E-state index contributed by atoms with van der Waals surface area (Å²) in [6.45, 7) is 31.7. The van der Waals surface area contributed by atoms with E-state index in [0.29, 0.717) is 12.5 Å². The normalized spacial score (nSPS) is 16.9. The first-order chi connectivity index (χ1) is 42.8. The number of aliphatic hydroxyl groups excluding tert-OH is 6. The third-order valence-corrected chi connectivity index (χ3v) is 48.5. The van der Waals surface area contributed by atoms with Gasteiger partial charge in [-0.3, -0.25) is 0 Å². The summed E-state index contributed by atoms with van der Waals surface area (Å²) in [5.41, 5.74) is 0. The smallest absolute Gasteiger partial charge is 0.662 e. The van der Waals surface area contributed by atoms with Crippen LogP contribution in [0, 0.1) is 14.9 Å². The Labute approximate surface area is 655 Å². The van der Waals surface area contributed by atoms with Gasteiger partial charge in [-0.15, -0.1) is 26.2 Å². The van der Waals surface area contributed by atoms with Gasteiger partial charge >= 0.3 is 102 Å². The summed E-state index contributed by atoms with van der Waals surface area (Å²) in [7, 11) is 2.30. The van der Waals surface area contributed by atoms with Gasteiger partial charge in [0.05, 0.1) is 28.6 Å². The zero-order chi connectivity index (χ0) is 70.2. The zero-order valence-electron chi connectivity index (χ0n) is 68.3. The summed E-state index contributed by atoms with van der Waals surface area (Å²) >= 11 is 0. The molecule has 2 aliphatic heterocycles. The van der Waals surface area contributed by atoms with Crippen molar-refractivity contribution in [3.05, 3.63) is 25.5 Å². The predicted octanol–water partition coefficient (Wildman–Crippen LogP) is -2.60. The van der Waals surface area contributed by atoms with E-state index in [1.807, 2.05) is 20.8 Å². The second kappa shape index (κ2) is 66.6. The molecule has 0 aromatic rings. The van der Waals surface area contributed by atoms with Crippen LogP contribution >= 0.6 is 0 Å². The molecule has 0 amide bonds. The maximum absolute atomic E-state index is 9.61. The molecule has 2 saturated heterocycles. The van der Waals surface area contributed by atoms with Crippen molar-refractivity contribution in [1.82, 2.24) is 14.4 Å². The van der Waals surface area contributed by atoms with Crippen LogP contribution in [0.3, 0.4) is 0 Å². The molecule has 7 N–H and O–H groups in total. The van der Waals surface area contributed by atoms with Gasteiger partial charge < -0.3 is 124 Å². The molecule has 0 spiro atoms. The fourth-order valence-corrected chi connectivity index (χ4v) is 27.9. The van der Waals surface area contributed by atoms with Crippen molar-refractivity contribution in [1.29, 1.82) is 0 Å². The molecule has 2 fully saturated rings. The van der Waals surface area contributed by atoms with Crippen molar-refractivity contribution in [3.63, 3.8) is 0 Å². The van der Waals surface area contributed by atoms with Gasteiger partial charge in [-0.1, -0.05) is 76.6 Å². The van der Waals surface area contributed by atoms with Gasteiger partial charge in [0.25, 0.3) is 17.0 Å². The van der Waals surface area contributed by atoms with Crippen LogP contribution < -0.4 is 80.8 Å². The first kappa shape index (κ1) is 119. The Morgan fingerprint density at radius 3 is 1.00 bits per heavy atom. The van der Waals surface area contributed by atoms with Crippen LogP contribution in [-0.4, -0.2) is 312 Å². The van der Waals surface area contributed by atoms with Crippen LogP contribution in [0.25, 0.3) is 10.6 Å². The minimum absolute atomic E-state index is 0. The first-order valence-corrected chi connectivity index (χ1v) is 60.7. The summed E-state index contributed by atoms with van der Waals surface area (Å²) in [5.74, 6) is 0. The number of rotatable bonds is 50. The maximum atomic E-state index is 9.61. The van der Waals surface area contributed by atoms with E-state index in [4.69, 9.17) is 53.1 Å². The Bertz CT molecular complexity index is 1620. The Hall–Kier alpha value is 3.64. The molecule has 2 aliphatic rings. The third-order valence-electron chi connectivity index (χ3n) is 18.3.